The predicted molar refractivity (Wildman–Crippen MR) is 54.9 cm³/mol. The van der Waals surface area contributed by atoms with E-state index in [4.69, 9.17) is 14.2 Å². The van der Waals surface area contributed by atoms with Crippen LogP contribution in [0, 0.1) is 0 Å². The number of alkyl carbamates (subject to hydrolysis) is 1. The average Bonchev–Trinajstić information content (AvgIpc) is 2.81. The minimum atomic E-state index is -0.569. The van der Waals surface area contributed by atoms with Gasteiger partial charge in [0.1, 0.15) is 12.9 Å². The van der Waals surface area contributed by atoms with Crippen LogP contribution in [0.15, 0.2) is 42.5 Å². The van der Waals surface area contributed by atoms with Gasteiger partial charge in [0, 0.05) is 0 Å². The molecule has 0 saturated carbocycles. The maximum atomic E-state index is 11.3. The van der Waals surface area contributed by atoms with E-state index in [-0.39, 0.29) is 19.3 Å². The van der Waals surface area contributed by atoms with E-state index >= 15 is 0 Å². The van der Waals surface area contributed by atoms with Gasteiger partial charge < -0.3 is 14.2 Å². The zero-order valence-corrected chi connectivity index (χ0v) is 8.51. The molecule has 5 nitrogen and oxygen atoms in total. The van der Waals surface area contributed by atoms with Crippen molar-refractivity contribution in [1.29, 1.82) is 0 Å². The molecular weight excluding hydrogens is 210 g/mol. The van der Waals surface area contributed by atoms with Crippen LogP contribution in [-0.4, -0.2) is 12.9 Å². The number of hydrogen-bond acceptors (Lipinski definition) is 4. The monoisotopic (exact) mass is 221 g/mol. The molecule has 0 saturated heterocycles. The standard InChI is InChI=1S/C11H11NO4/c13-11(12-10-7-14-8-16-10)15-6-9-4-2-1-3-5-9/h1-5,7H,6,8H2,(H,12,13). The van der Waals surface area contributed by atoms with Crippen molar-refractivity contribution in [2.45, 2.75) is 6.61 Å². The van der Waals surface area contributed by atoms with Crippen LogP contribution < -0.4 is 5.32 Å². The number of rotatable bonds is 3. The van der Waals surface area contributed by atoms with Gasteiger partial charge in [-0.2, -0.15) is 0 Å². The molecular formula is C11H11NO4. The van der Waals surface area contributed by atoms with Gasteiger partial charge in [-0.05, 0) is 5.56 Å². The lowest BCUT2D eigenvalue weighted by atomic mass is 10.2. The van der Waals surface area contributed by atoms with Crippen LogP contribution in [0.4, 0.5) is 4.79 Å². The number of benzene rings is 1. The van der Waals surface area contributed by atoms with Crippen LogP contribution in [0.1, 0.15) is 5.56 Å². The highest BCUT2D eigenvalue weighted by atomic mass is 16.7. The molecule has 84 valence electrons. The molecule has 1 aliphatic rings. The molecule has 0 aromatic heterocycles. The first-order valence-corrected chi connectivity index (χ1v) is 4.77. The summed E-state index contributed by atoms with van der Waals surface area (Å²) in [6.45, 7) is 0.342. The van der Waals surface area contributed by atoms with Crippen molar-refractivity contribution in [1.82, 2.24) is 5.32 Å². The highest BCUT2D eigenvalue weighted by Crippen LogP contribution is 2.04. The molecule has 0 spiro atoms. The fraction of sp³-hybridized carbons (Fsp3) is 0.182. The Balaban J connectivity index is 1.75. The quantitative estimate of drug-likeness (QED) is 0.844. The Bertz CT molecular complexity index is 388. The van der Waals surface area contributed by atoms with E-state index in [0.29, 0.717) is 0 Å². The molecule has 0 bridgehead atoms. The Labute approximate surface area is 92.6 Å². The van der Waals surface area contributed by atoms with Crippen LogP contribution in [0.5, 0.6) is 0 Å². The summed E-state index contributed by atoms with van der Waals surface area (Å²) in [6, 6.07) is 9.42. The van der Waals surface area contributed by atoms with E-state index in [2.05, 4.69) is 5.32 Å². The Morgan fingerprint density at radius 1 is 1.38 bits per heavy atom. The van der Waals surface area contributed by atoms with Crippen molar-refractivity contribution in [3.63, 3.8) is 0 Å². The predicted octanol–water partition coefficient (Wildman–Crippen LogP) is 1.72. The molecule has 1 N–H and O–H groups in total. The van der Waals surface area contributed by atoms with Crippen molar-refractivity contribution in [3.05, 3.63) is 48.0 Å². The van der Waals surface area contributed by atoms with Gasteiger partial charge in [0.05, 0.1) is 0 Å². The average molecular weight is 221 g/mol. The zero-order chi connectivity index (χ0) is 11.2. The minimum absolute atomic E-state index is 0.119. The van der Waals surface area contributed by atoms with Gasteiger partial charge in [0.15, 0.2) is 0 Å². The van der Waals surface area contributed by atoms with E-state index in [0.717, 1.165) is 5.56 Å². The number of ether oxygens (including phenoxy) is 3. The normalized spacial score (nSPS) is 13.4. The molecule has 5 heteroatoms. The zero-order valence-electron chi connectivity index (χ0n) is 8.51. The third kappa shape index (κ3) is 2.91. The fourth-order valence-electron chi connectivity index (χ4n) is 1.17. The first-order chi connectivity index (χ1) is 7.84. The fourth-order valence-corrected chi connectivity index (χ4v) is 1.17. The highest BCUT2D eigenvalue weighted by molar-refractivity contribution is 5.69. The molecule has 1 aromatic rings. The second kappa shape index (κ2) is 5.06. The summed E-state index contributed by atoms with van der Waals surface area (Å²) in [5, 5.41) is 2.40. The van der Waals surface area contributed by atoms with E-state index in [1.807, 2.05) is 30.3 Å². The van der Waals surface area contributed by atoms with E-state index in [1.165, 1.54) is 6.26 Å². The van der Waals surface area contributed by atoms with Gasteiger partial charge >= 0.3 is 6.09 Å². The lowest BCUT2D eigenvalue weighted by molar-refractivity contribution is 0.0713. The molecule has 0 unspecified atom stereocenters. The summed E-state index contributed by atoms with van der Waals surface area (Å²) in [6.07, 6.45) is 0.754. The van der Waals surface area contributed by atoms with E-state index < -0.39 is 6.09 Å². The van der Waals surface area contributed by atoms with E-state index in [9.17, 15) is 4.79 Å². The van der Waals surface area contributed by atoms with Crippen LogP contribution in [0.25, 0.3) is 0 Å². The van der Waals surface area contributed by atoms with Gasteiger partial charge in [0.25, 0.3) is 0 Å². The lowest BCUT2D eigenvalue weighted by Gasteiger charge is -2.06. The number of carbonyl (C=O) groups is 1. The van der Waals surface area contributed by atoms with Crippen LogP contribution in [0.2, 0.25) is 0 Å². The molecule has 2 rings (SSSR count). The summed E-state index contributed by atoms with van der Waals surface area (Å²) < 4.78 is 14.6. The number of carbonyl (C=O) groups excluding carboxylic acids is 1. The van der Waals surface area contributed by atoms with Crippen molar-refractivity contribution in [2.75, 3.05) is 6.79 Å². The SMILES string of the molecule is O=C(NC1=COCO1)OCc1ccccc1. The van der Waals surface area contributed by atoms with Crippen LogP contribution in [-0.2, 0) is 20.8 Å². The molecule has 1 aromatic carbocycles. The Morgan fingerprint density at radius 2 is 2.19 bits per heavy atom. The molecule has 0 aliphatic carbocycles. The first-order valence-electron chi connectivity index (χ1n) is 4.77. The maximum Gasteiger partial charge on any atom is 0.414 e. The Kier molecular flexibility index (Phi) is 3.28. The van der Waals surface area contributed by atoms with Crippen LogP contribution in [0.3, 0.4) is 0 Å². The molecule has 16 heavy (non-hydrogen) atoms. The number of hydrogen-bond donors (Lipinski definition) is 1. The summed E-state index contributed by atoms with van der Waals surface area (Å²) in [7, 11) is 0. The first kappa shape index (κ1) is 10.4. The summed E-state index contributed by atoms with van der Waals surface area (Å²) in [5.41, 5.74) is 0.926. The second-order valence-corrected chi connectivity index (χ2v) is 3.10. The summed E-state index contributed by atoms with van der Waals surface area (Å²) in [5.74, 6) is 0.262. The summed E-state index contributed by atoms with van der Waals surface area (Å²) in [4.78, 5) is 11.3. The van der Waals surface area contributed by atoms with Crippen molar-refractivity contribution >= 4 is 6.09 Å². The minimum Gasteiger partial charge on any atom is -0.459 e. The molecule has 1 amide bonds. The Hall–Kier alpha value is -2.17. The topological polar surface area (TPSA) is 56.8 Å². The number of amides is 1. The van der Waals surface area contributed by atoms with Gasteiger partial charge in [-0.15, -0.1) is 0 Å². The van der Waals surface area contributed by atoms with Crippen molar-refractivity contribution in [2.24, 2.45) is 0 Å². The van der Waals surface area contributed by atoms with Gasteiger partial charge in [0.2, 0.25) is 12.7 Å². The molecule has 0 fully saturated rings. The van der Waals surface area contributed by atoms with Gasteiger partial charge in [-0.25, -0.2) is 4.79 Å². The molecule has 1 aliphatic heterocycles. The molecule has 0 radical (unpaired) electrons. The van der Waals surface area contributed by atoms with Crippen LogP contribution >= 0.6 is 0 Å². The highest BCUT2D eigenvalue weighted by Gasteiger charge is 2.10. The van der Waals surface area contributed by atoms with Gasteiger partial charge in [-0.3, -0.25) is 5.32 Å². The third-order valence-electron chi connectivity index (χ3n) is 1.91. The number of nitrogens with one attached hydrogen (secondary N) is 1. The van der Waals surface area contributed by atoms with Crippen molar-refractivity contribution < 1.29 is 19.0 Å². The maximum absolute atomic E-state index is 11.3. The molecule has 1 heterocycles. The summed E-state index contributed by atoms with van der Waals surface area (Å²) >= 11 is 0. The second-order valence-electron chi connectivity index (χ2n) is 3.10. The van der Waals surface area contributed by atoms with E-state index in [1.54, 1.807) is 0 Å². The Morgan fingerprint density at radius 3 is 2.88 bits per heavy atom. The lowest BCUT2D eigenvalue weighted by Crippen LogP contribution is -2.23. The van der Waals surface area contributed by atoms with Crippen molar-refractivity contribution in [3.8, 4) is 0 Å². The smallest absolute Gasteiger partial charge is 0.414 e. The third-order valence-corrected chi connectivity index (χ3v) is 1.91. The molecule has 0 atom stereocenters. The largest absolute Gasteiger partial charge is 0.459 e. The van der Waals surface area contributed by atoms with Gasteiger partial charge in [-0.1, -0.05) is 30.3 Å².